The van der Waals surface area contributed by atoms with E-state index in [1.165, 1.54) is 23.1 Å². The zero-order valence-corrected chi connectivity index (χ0v) is 14.4. The Bertz CT molecular complexity index is 493. The molecule has 0 bridgehead atoms. The summed E-state index contributed by atoms with van der Waals surface area (Å²) in [5, 5.41) is 1.38. The van der Waals surface area contributed by atoms with Crippen molar-refractivity contribution in [2.45, 2.75) is 26.7 Å². The maximum Gasteiger partial charge on any atom is 0.242 e. The molecular formula is C16H26NO3P. The van der Waals surface area contributed by atoms with Crippen LogP contribution in [0.25, 0.3) is 0 Å². The molecule has 1 amide bonds. The largest absolute Gasteiger partial charge is 0.324 e. The van der Waals surface area contributed by atoms with Crippen molar-refractivity contribution < 1.29 is 14.2 Å². The Morgan fingerprint density at radius 3 is 2.38 bits per heavy atom. The number of nitrogens with zero attached hydrogens (tertiary/aromatic N) is 1. The molecule has 0 N–H and O–H groups in total. The summed E-state index contributed by atoms with van der Waals surface area (Å²) in [7, 11) is -2.02. The van der Waals surface area contributed by atoms with E-state index in [1.54, 1.807) is 13.3 Å². The van der Waals surface area contributed by atoms with Crippen LogP contribution in [0.4, 0.5) is 0 Å². The highest BCUT2D eigenvalue weighted by Gasteiger charge is 2.12. The zero-order chi connectivity index (χ0) is 15.9. The van der Waals surface area contributed by atoms with Gasteiger partial charge >= 0.3 is 0 Å². The second-order valence-electron chi connectivity index (χ2n) is 5.84. The summed E-state index contributed by atoms with van der Waals surface area (Å²) in [5.41, 5.74) is 2.42. The quantitative estimate of drug-likeness (QED) is 0.546. The summed E-state index contributed by atoms with van der Waals surface area (Å²) in [6, 6.07) is 8.28. The summed E-state index contributed by atoms with van der Waals surface area (Å²) in [6.45, 7) is 8.04. The molecule has 4 nitrogen and oxygen atoms in total. The SMILES string of the molecule is CC(=O)N(CCCP(C)(C)=O)OCCc1ccc(C)cc1. The predicted octanol–water partition coefficient (Wildman–Crippen LogP) is 3.33. The van der Waals surface area contributed by atoms with E-state index >= 15 is 0 Å². The molecule has 1 rings (SSSR count). The number of carbonyl (C=O) groups is 1. The minimum Gasteiger partial charge on any atom is -0.324 e. The molecule has 0 fully saturated rings. The van der Waals surface area contributed by atoms with Crippen molar-refractivity contribution >= 4 is 13.0 Å². The lowest BCUT2D eigenvalue weighted by molar-refractivity contribution is -0.183. The fourth-order valence-corrected chi connectivity index (χ4v) is 2.84. The lowest BCUT2D eigenvalue weighted by Crippen LogP contribution is -2.31. The summed E-state index contributed by atoms with van der Waals surface area (Å²) in [6.07, 6.45) is 2.11. The molecule has 5 heteroatoms. The topological polar surface area (TPSA) is 46.6 Å². The monoisotopic (exact) mass is 311 g/mol. The lowest BCUT2D eigenvalue weighted by Gasteiger charge is -2.20. The van der Waals surface area contributed by atoms with Crippen molar-refractivity contribution in [2.75, 3.05) is 32.6 Å². The van der Waals surface area contributed by atoms with E-state index < -0.39 is 7.14 Å². The molecule has 118 valence electrons. The highest BCUT2D eigenvalue weighted by molar-refractivity contribution is 7.62. The van der Waals surface area contributed by atoms with E-state index in [1.807, 2.05) is 0 Å². The van der Waals surface area contributed by atoms with Gasteiger partial charge in [0.15, 0.2) is 0 Å². The molecule has 0 spiro atoms. The summed E-state index contributed by atoms with van der Waals surface area (Å²) >= 11 is 0. The van der Waals surface area contributed by atoms with E-state index in [4.69, 9.17) is 4.84 Å². The van der Waals surface area contributed by atoms with Gasteiger partial charge in [0.05, 0.1) is 13.7 Å². The zero-order valence-electron chi connectivity index (χ0n) is 13.5. The summed E-state index contributed by atoms with van der Waals surface area (Å²) < 4.78 is 11.6. The molecule has 0 aliphatic carbocycles. The van der Waals surface area contributed by atoms with E-state index in [2.05, 4.69) is 31.2 Å². The average Bonchev–Trinajstić information content (AvgIpc) is 2.37. The molecule has 0 saturated heterocycles. The maximum absolute atomic E-state index is 11.6. The van der Waals surface area contributed by atoms with Crippen LogP contribution in [0.2, 0.25) is 0 Å². The van der Waals surface area contributed by atoms with Crippen molar-refractivity contribution in [3.05, 3.63) is 35.4 Å². The van der Waals surface area contributed by atoms with Crippen LogP contribution >= 0.6 is 7.14 Å². The first-order valence-corrected chi connectivity index (χ1v) is 10.1. The van der Waals surface area contributed by atoms with Crippen LogP contribution < -0.4 is 0 Å². The lowest BCUT2D eigenvalue weighted by atomic mass is 10.1. The summed E-state index contributed by atoms with van der Waals surface area (Å²) in [4.78, 5) is 17.1. The maximum atomic E-state index is 11.6. The van der Waals surface area contributed by atoms with Crippen molar-refractivity contribution in [1.29, 1.82) is 0 Å². The highest BCUT2D eigenvalue weighted by Crippen LogP contribution is 2.36. The Labute approximate surface area is 127 Å². The number of amides is 1. The fourth-order valence-electron chi connectivity index (χ4n) is 1.94. The molecule has 0 saturated carbocycles. The van der Waals surface area contributed by atoms with Crippen LogP contribution in [0, 0.1) is 6.92 Å². The van der Waals surface area contributed by atoms with Gasteiger partial charge in [-0.05, 0) is 38.7 Å². The number of carbonyl (C=O) groups excluding carboxylic acids is 1. The normalized spacial score (nSPS) is 11.4. The molecule has 21 heavy (non-hydrogen) atoms. The molecule has 1 aromatic rings. The van der Waals surface area contributed by atoms with Crippen LogP contribution in [0.5, 0.6) is 0 Å². The van der Waals surface area contributed by atoms with Gasteiger partial charge in [-0.25, -0.2) is 5.06 Å². The molecule has 0 radical (unpaired) electrons. The van der Waals surface area contributed by atoms with E-state index in [9.17, 15) is 9.36 Å². The van der Waals surface area contributed by atoms with E-state index in [0.29, 0.717) is 25.7 Å². The summed E-state index contributed by atoms with van der Waals surface area (Å²) in [5.74, 6) is -0.110. The Morgan fingerprint density at radius 1 is 1.24 bits per heavy atom. The van der Waals surface area contributed by atoms with Crippen molar-refractivity contribution in [1.82, 2.24) is 5.06 Å². The first-order valence-electron chi connectivity index (χ1n) is 7.28. The van der Waals surface area contributed by atoms with Gasteiger partial charge in [-0.1, -0.05) is 29.8 Å². The Balaban J connectivity index is 2.35. The van der Waals surface area contributed by atoms with Gasteiger partial charge in [0.2, 0.25) is 5.91 Å². The minimum absolute atomic E-state index is 0.110. The molecule has 1 aromatic carbocycles. The highest BCUT2D eigenvalue weighted by atomic mass is 31.2. The number of hydrogen-bond donors (Lipinski definition) is 0. The molecular weight excluding hydrogens is 285 g/mol. The average molecular weight is 311 g/mol. The third-order valence-electron chi connectivity index (χ3n) is 3.17. The van der Waals surface area contributed by atoms with Gasteiger partial charge in [0, 0.05) is 19.6 Å². The third kappa shape index (κ3) is 8.03. The molecule has 0 aromatic heterocycles. The first-order chi connectivity index (χ1) is 9.78. The van der Waals surface area contributed by atoms with Gasteiger partial charge in [0.1, 0.15) is 0 Å². The van der Waals surface area contributed by atoms with Crippen LogP contribution in [0.3, 0.4) is 0 Å². The van der Waals surface area contributed by atoms with E-state index in [0.717, 1.165) is 6.42 Å². The van der Waals surface area contributed by atoms with Crippen molar-refractivity contribution in [3.63, 3.8) is 0 Å². The molecule has 0 atom stereocenters. The van der Waals surface area contributed by atoms with Crippen LogP contribution in [0.1, 0.15) is 24.5 Å². The second-order valence-corrected chi connectivity index (χ2v) is 9.44. The Kier molecular flexibility index (Phi) is 7.13. The molecule has 0 heterocycles. The van der Waals surface area contributed by atoms with Crippen molar-refractivity contribution in [3.8, 4) is 0 Å². The number of hydrogen-bond acceptors (Lipinski definition) is 3. The van der Waals surface area contributed by atoms with Gasteiger partial charge in [0.25, 0.3) is 0 Å². The number of benzene rings is 1. The first kappa shape index (κ1) is 17.9. The molecule has 0 unspecified atom stereocenters. The Morgan fingerprint density at radius 2 is 1.86 bits per heavy atom. The second kappa shape index (κ2) is 8.35. The number of hydroxylamine groups is 2. The van der Waals surface area contributed by atoms with Gasteiger partial charge in [-0.3, -0.25) is 9.63 Å². The number of rotatable bonds is 8. The van der Waals surface area contributed by atoms with Crippen LogP contribution in [-0.4, -0.2) is 43.6 Å². The molecule has 0 aliphatic rings. The van der Waals surface area contributed by atoms with Gasteiger partial charge in [-0.15, -0.1) is 0 Å². The number of aryl methyl sites for hydroxylation is 1. The third-order valence-corrected chi connectivity index (χ3v) is 4.56. The fraction of sp³-hybridized carbons (Fsp3) is 0.562. The van der Waals surface area contributed by atoms with Gasteiger partial charge in [-0.2, -0.15) is 0 Å². The predicted molar refractivity (Wildman–Crippen MR) is 87.2 cm³/mol. The van der Waals surface area contributed by atoms with Crippen molar-refractivity contribution in [2.24, 2.45) is 0 Å². The van der Waals surface area contributed by atoms with E-state index in [-0.39, 0.29) is 5.91 Å². The Hall–Kier alpha value is -1.12. The minimum atomic E-state index is -2.02. The standard InChI is InChI=1S/C16H26NO3P/c1-14-6-8-16(9-7-14)10-12-20-17(15(2)18)11-5-13-21(3,4)19/h6-9H,5,10-13H2,1-4H3. The molecule has 0 aliphatic heterocycles. The smallest absolute Gasteiger partial charge is 0.242 e. The van der Waals surface area contributed by atoms with Crippen LogP contribution in [-0.2, 0) is 20.6 Å². The van der Waals surface area contributed by atoms with Crippen LogP contribution in [0.15, 0.2) is 24.3 Å². The van der Waals surface area contributed by atoms with Gasteiger partial charge < -0.3 is 4.57 Å².